The van der Waals surface area contributed by atoms with Crippen LogP contribution in [0, 0.1) is 6.92 Å². The van der Waals surface area contributed by atoms with E-state index in [0.717, 1.165) is 12.0 Å². The number of aryl methyl sites for hydroxylation is 2. The van der Waals surface area contributed by atoms with E-state index in [2.05, 4.69) is 11.9 Å². The van der Waals surface area contributed by atoms with Gasteiger partial charge in [0.15, 0.2) is 0 Å². The van der Waals surface area contributed by atoms with Crippen LogP contribution in [0.4, 0.5) is 0 Å². The van der Waals surface area contributed by atoms with Crippen LogP contribution in [0.5, 0.6) is 0 Å². The Labute approximate surface area is 101 Å². The average molecular weight is 225 g/mol. The molecule has 0 saturated carbocycles. The van der Waals surface area contributed by atoms with Crippen molar-refractivity contribution in [2.45, 2.75) is 20.3 Å². The number of aromatic nitrogens is 1. The lowest BCUT2D eigenvalue weighted by Crippen LogP contribution is -2.03. The Bertz CT molecular complexity index is 512. The average Bonchev–Trinajstić information content (AvgIpc) is 2.39. The molecule has 17 heavy (non-hydrogen) atoms. The minimum absolute atomic E-state index is 0.0207. The summed E-state index contributed by atoms with van der Waals surface area (Å²) in [7, 11) is 0. The maximum atomic E-state index is 12.1. The second-order valence-corrected chi connectivity index (χ2v) is 4.10. The van der Waals surface area contributed by atoms with Crippen LogP contribution in [0.15, 0.2) is 42.6 Å². The number of pyridine rings is 1. The van der Waals surface area contributed by atoms with Gasteiger partial charge < -0.3 is 0 Å². The molecule has 2 heteroatoms. The van der Waals surface area contributed by atoms with E-state index in [9.17, 15) is 4.79 Å². The summed E-state index contributed by atoms with van der Waals surface area (Å²) in [5.74, 6) is -0.0207. The SMILES string of the molecule is CCc1ccc(C(=O)c2ccc(C)cn2)cc1. The van der Waals surface area contributed by atoms with Crippen molar-refractivity contribution in [3.8, 4) is 0 Å². The molecule has 1 heterocycles. The van der Waals surface area contributed by atoms with Crippen LogP contribution in [0.3, 0.4) is 0 Å². The number of ketones is 1. The second kappa shape index (κ2) is 4.91. The molecular weight excluding hydrogens is 210 g/mol. The molecule has 2 rings (SSSR count). The third kappa shape index (κ3) is 2.59. The van der Waals surface area contributed by atoms with Gasteiger partial charge in [0.25, 0.3) is 0 Å². The lowest BCUT2D eigenvalue weighted by molar-refractivity contribution is 0.103. The van der Waals surface area contributed by atoms with Gasteiger partial charge >= 0.3 is 0 Å². The van der Waals surface area contributed by atoms with Gasteiger partial charge in [0.1, 0.15) is 5.69 Å². The Hall–Kier alpha value is -1.96. The molecule has 86 valence electrons. The summed E-state index contributed by atoms with van der Waals surface area (Å²) in [6.07, 6.45) is 2.70. The molecule has 0 radical (unpaired) electrons. The Morgan fingerprint density at radius 1 is 1.12 bits per heavy atom. The summed E-state index contributed by atoms with van der Waals surface area (Å²) >= 11 is 0. The predicted octanol–water partition coefficient (Wildman–Crippen LogP) is 3.18. The fourth-order valence-electron chi connectivity index (χ4n) is 1.64. The topological polar surface area (TPSA) is 30.0 Å². The molecule has 0 N–H and O–H groups in total. The summed E-state index contributed by atoms with van der Waals surface area (Å²) in [6, 6.07) is 11.4. The molecule has 0 atom stereocenters. The zero-order valence-electron chi connectivity index (χ0n) is 10.1. The van der Waals surface area contributed by atoms with Gasteiger partial charge in [0, 0.05) is 11.8 Å². The van der Waals surface area contributed by atoms with Crippen LogP contribution in [0.25, 0.3) is 0 Å². The molecule has 0 spiro atoms. The van der Waals surface area contributed by atoms with E-state index in [1.165, 1.54) is 5.56 Å². The van der Waals surface area contributed by atoms with Gasteiger partial charge in [-0.15, -0.1) is 0 Å². The van der Waals surface area contributed by atoms with Crippen LogP contribution >= 0.6 is 0 Å². The van der Waals surface area contributed by atoms with E-state index in [1.807, 2.05) is 37.3 Å². The Morgan fingerprint density at radius 2 is 1.82 bits per heavy atom. The van der Waals surface area contributed by atoms with Gasteiger partial charge in [0.2, 0.25) is 5.78 Å². The lowest BCUT2D eigenvalue weighted by Gasteiger charge is -2.02. The van der Waals surface area contributed by atoms with Crippen molar-refractivity contribution >= 4 is 5.78 Å². The first-order valence-electron chi connectivity index (χ1n) is 5.77. The highest BCUT2D eigenvalue weighted by atomic mass is 16.1. The van der Waals surface area contributed by atoms with Gasteiger partial charge in [-0.3, -0.25) is 9.78 Å². The van der Waals surface area contributed by atoms with Crippen LogP contribution in [-0.4, -0.2) is 10.8 Å². The number of carbonyl (C=O) groups is 1. The largest absolute Gasteiger partial charge is 0.287 e. The maximum absolute atomic E-state index is 12.1. The van der Waals surface area contributed by atoms with Gasteiger partial charge in [-0.1, -0.05) is 37.3 Å². The maximum Gasteiger partial charge on any atom is 0.211 e. The number of hydrogen-bond acceptors (Lipinski definition) is 2. The van der Waals surface area contributed by atoms with Crippen molar-refractivity contribution in [1.29, 1.82) is 0 Å². The Morgan fingerprint density at radius 3 is 2.35 bits per heavy atom. The summed E-state index contributed by atoms with van der Waals surface area (Å²) in [5, 5.41) is 0. The molecule has 0 fully saturated rings. The molecule has 0 aliphatic rings. The molecule has 1 aromatic heterocycles. The van der Waals surface area contributed by atoms with Crippen molar-refractivity contribution in [2.24, 2.45) is 0 Å². The van der Waals surface area contributed by atoms with Gasteiger partial charge in [-0.25, -0.2) is 0 Å². The number of carbonyl (C=O) groups excluding carboxylic acids is 1. The second-order valence-electron chi connectivity index (χ2n) is 4.10. The number of hydrogen-bond donors (Lipinski definition) is 0. The standard InChI is InChI=1S/C15H15NO/c1-3-12-5-7-13(8-6-12)15(17)14-9-4-11(2)10-16-14/h4-10H,3H2,1-2H3. The van der Waals surface area contributed by atoms with E-state index >= 15 is 0 Å². The molecule has 0 bridgehead atoms. The summed E-state index contributed by atoms with van der Waals surface area (Å²) < 4.78 is 0. The van der Waals surface area contributed by atoms with Crippen molar-refractivity contribution in [3.05, 3.63) is 65.0 Å². The Kier molecular flexibility index (Phi) is 3.33. The Balaban J connectivity index is 2.27. The summed E-state index contributed by atoms with van der Waals surface area (Å²) in [4.78, 5) is 16.2. The molecule has 1 aromatic carbocycles. The van der Waals surface area contributed by atoms with Crippen molar-refractivity contribution in [3.63, 3.8) is 0 Å². The third-order valence-electron chi connectivity index (χ3n) is 2.77. The first kappa shape index (κ1) is 11.5. The van der Waals surface area contributed by atoms with Crippen molar-refractivity contribution < 1.29 is 4.79 Å². The highest BCUT2D eigenvalue weighted by molar-refractivity contribution is 6.07. The fourth-order valence-corrected chi connectivity index (χ4v) is 1.64. The highest BCUT2D eigenvalue weighted by Gasteiger charge is 2.09. The van der Waals surface area contributed by atoms with Crippen LogP contribution in [0.1, 0.15) is 34.1 Å². The first-order chi connectivity index (χ1) is 8.20. The monoisotopic (exact) mass is 225 g/mol. The fraction of sp³-hybridized carbons (Fsp3) is 0.200. The number of rotatable bonds is 3. The normalized spacial score (nSPS) is 10.2. The number of nitrogens with zero attached hydrogens (tertiary/aromatic N) is 1. The highest BCUT2D eigenvalue weighted by Crippen LogP contribution is 2.10. The van der Waals surface area contributed by atoms with Gasteiger partial charge in [0.05, 0.1) is 0 Å². The molecule has 0 aliphatic heterocycles. The minimum atomic E-state index is -0.0207. The minimum Gasteiger partial charge on any atom is -0.287 e. The smallest absolute Gasteiger partial charge is 0.211 e. The van der Waals surface area contributed by atoms with Crippen molar-refractivity contribution in [2.75, 3.05) is 0 Å². The summed E-state index contributed by atoms with van der Waals surface area (Å²) in [5.41, 5.74) is 3.49. The number of benzene rings is 1. The van der Waals surface area contributed by atoms with E-state index in [0.29, 0.717) is 11.3 Å². The molecule has 0 aliphatic carbocycles. The van der Waals surface area contributed by atoms with Gasteiger partial charge in [-0.05, 0) is 30.5 Å². The van der Waals surface area contributed by atoms with Gasteiger partial charge in [-0.2, -0.15) is 0 Å². The predicted molar refractivity (Wildman–Crippen MR) is 68.2 cm³/mol. The van der Waals surface area contributed by atoms with E-state index in [1.54, 1.807) is 12.3 Å². The van der Waals surface area contributed by atoms with E-state index in [-0.39, 0.29) is 5.78 Å². The van der Waals surface area contributed by atoms with E-state index < -0.39 is 0 Å². The first-order valence-corrected chi connectivity index (χ1v) is 5.77. The quantitative estimate of drug-likeness (QED) is 0.751. The molecule has 0 amide bonds. The lowest BCUT2D eigenvalue weighted by atomic mass is 10.0. The molecule has 0 unspecified atom stereocenters. The van der Waals surface area contributed by atoms with Crippen LogP contribution < -0.4 is 0 Å². The zero-order chi connectivity index (χ0) is 12.3. The third-order valence-corrected chi connectivity index (χ3v) is 2.77. The molecular formula is C15H15NO. The molecule has 0 saturated heterocycles. The molecule has 2 aromatic rings. The van der Waals surface area contributed by atoms with Crippen molar-refractivity contribution in [1.82, 2.24) is 4.98 Å². The van der Waals surface area contributed by atoms with E-state index in [4.69, 9.17) is 0 Å². The van der Waals surface area contributed by atoms with Crippen LogP contribution in [0.2, 0.25) is 0 Å². The zero-order valence-corrected chi connectivity index (χ0v) is 10.1. The molecule has 2 nitrogen and oxygen atoms in total. The summed E-state index contributed by atoms with van der Waals surface area (Å²) in [6.45, 7) is 4.05. The van der Waals surface area contributed by atoms with Crippen LogP contribution in [-0.2, 0) is 6.42 Å².